The van der Waals surface area contributed by atoms with Crippen LogP contribution in [0.25, 0.3) is 0 Å². The summed E-state index contributed by atoms with van der Waals surface area (Å²) in [5.74, 6) is -0.346. The lowest BCUT2D eigenvalue weighted by Gasteiger charge is -2.07. The normalized spacial score (nSPS) is 12.1. The Kier molecular flexibility index (Phi) is 6.48. The van der Waals surface area contributed by atoms with E-state index in [-0.39, 0.29) is 28.7 Å². The fourth-order valence-electron chi connectivity index (χ4n) is 1.59. The first-order valence-corrected chi connectivity index (χ1v) is 9.39. The number of nitrogens with one attached hydrogen (secondary N) is 1. The summed E-state index contributed by atoms with van der Waals surface area (Å²) >= 11 is 0. The summed E-state index contributed by atoms with van der Waals surface area (Å²) in [6.45, 7) is 0.163. The van der Waals surface area contributed by atoms with Crippen molar-refractivity contribution in [3.63, 3.8) is 0 Å². The molecule has 0 saturated carbocycles. The first-order chi connectivity index (χ1) is 10.2. The van der Waals surface area contributed by atoms with Gasteiger partial charge in [0.05, 0.1) is 16.9 Å². The molecule has 0 saturated heterocycles. The number of ether oxygens (including phenoxy) is 1. The van der Waals surface area contributed by atoms with Crippen LogP contribution in [0.5, 0.6) is 0 Å². The minimum Gasteiger partial charge on any atom is -0.469 e. The minimum absolute atomic E-state index is 0.0622. The Morgan fingerprint density at radius 3 is 2.14 bits per heavy atom. The van der Waals surface area contributed by atoms with Crippen molar-refractivity contribution in [2.24, 2.45) is 5.14 Å². The highest BCUT2D eigenvalue weighted by Crippen LogP contribution is 2.13. The molecule has 0 spiro atoms. The summed E-state index contributed by atoms with van der Waals surface area (Å²) in [6, 6.07) is 4.58. The van der Waals surface area contributed by atoms with E-state index in [1.54, 1.807) is 0 Å². The van der Waals surface area contributed by atoms with Crippen LogP contribution in [0, 0.1) is 0 Å². The average molecular weight is 350 g/mol. The van der Waals surface area contributed by atoms with E-state index in [1.807, 2.05) is 0 Å². The molecule has 0 aromatic heterocycles. The Balaban J connectivity index is 2.58. The fraction of sp³-hybridized carbons (Fsp3) is 0.417. The van der Waals surface area contributed by atoms with Gasteiger partial charge in [0.1, 0.15) is 0 Å². The van der Waals surface area contributed by atoms with E-state index in [9.17, 15) is 21.6 Å². The standard InChI is InChI=1S/C12H18N2O6S2/c1-20-12(15)4-2-3-9-14-22(18,19)11-7-5-10(6-8-11)21(13,16)17/h5-8,14H,2-4,9H2,1H3,(H2,13,16,17). The van der Waals surface area contributed by atoms with Crippen LogP contribution in [-0.4, -0.2) is 36.5 Å². The van der Waals surface area contributed by atoms with Gasteiger partial charge in [0.2, 0.25) is 20.0 Å². The topological polar surface area (TPSA) is 133 Å². The molecule has 22 heavy (non-hydrogen) atoms. The van der Waals surface area contributed by atoms with Gasteiger partial charge in [-0.2, -0.15) is 0 Å². The number of hydrogen-bond donors (Lipinski definition) is 2. The Hall–Kier alpha value is -1.49. The van der Waals surface area contributed by atoms with Crippen molar-refractivity contribution in [3.05, 3.63) is 24.3 Å². The number of carbonyl (C=O) groups is 1. The number of rotatable bonds is 8. The van der Waals surface area contributed by atoms with Gasteiger partial charge in [-0.3, -0.25) is 4.79 Å². The van der Waals surface area contributed by atoms with Crippen LogP contribution >= 0.6 is 0 Å². The number of benzene rings is 1. The first-order valence-electron chi connectivity index (χ1n) is 6.36. The maximum absolute atomic E-state index is 12.0. The molecule has 0 aliphatic carbocycles. The van der Waals surface area contributed by atoms with Gasteiger partial charge in [0.15, 0.2) is 0 Å². The zero-order chi connectivity index (χ0) is 16.8. The molecule has 1 rings (SSSR count). The molecule has 0 aliphatic heterocycles. The van der Waals surface area contributed by atoms with Crippen LogP contribution in [0.15, 0.2) is 34.1 Å². The van der Waals surface area contributed by atoms with Gasteiger partial charge in [0, 0.05) is 13.0 Å². The van der Waals surface area contributed by atoms with Crippen molar-refractivity contribution in [2.45, 2.75) is 29.1 Å². The average Bonchev–Trinajstić information content (AvgIpc) is 2.45. The number of nitrogens with two attached hydrogens (primary N) is 1. The number of methoxy groups -OCH3 is 1. The van der Waals surface area contributed by atoms with E-state index < -0.39 is 20.0 Å². The van der Waals surface area contributed by atoms with Crippen LogP contribution in [0.4, 0.5) is 0 Å². The third kappa shape index (κ3) is 5.72. The van der Waals surface area contributed by atoms with Crippen molar-refractivity contribution in [3.8, 4) is 0 Å². The van der Waals surface area contributed by atoms with Crippen LogP contribution in [0.1, 0.15) is 19.3 Å². The Morgan fingerprint density at radius 1 is 1.09 bits per heavy atom. The largest absolute Gasteiger partial charge is 0.469 e. The monoisotopic (exact) mass is 350 g/mol. The number of carbonyl (C=O) groups excluding carboxylic acids is 1. The molecule has 3 N–H and O–H groups in total. The fourth-order valence-corrected chi connectivity index (χ4v) is 3.18. The van der Waals surface area contributed by atoms with Gasteiger partial charge in [-0.15, -0.1) is 0 Å². The Bertz CT molecular complexity index is 710. The summed E-state index contributed by atoms with van der Waals surface area (Å²) in [5.41, 5.74) is 0. The number of sulfonamides is 2. The Labute approximate surface area is 129 Å². The number of primary sulfonamides is 1. The molecule has 1 aromatic carbocycles. The molecule has 0 atom stereocenters. The lowest BCUT2D eigenvalue weighted by atomic mass is 10.2. The molecular weight excluding hydrogens is 332 g/mol. The van der Waals surface area contributed by atoms with E-state index in [1.165, 1.54) is 7.11 Å². The lowest BCUT2D eigenvalue weighted by Crippen LogP contribution is -2.25. The minimum atomic E-state index is -3.86. The van der Waals surface area contributed by atoms with Crippen molar-refractivity contribution >= 4 is 26.0 Å². The second-order valence-electron chi connectivity index (χ2n) is 4.45. The van der Waals surface area contributed by atoms with E-state index in [0.717, 1.165) is 24.3 Å². The maximum atomic E-state index is 12.0. The van der Waals surface area contributed by atoms with Crippen molar-refractivity contribution in [1.29, 1.82) is 0 Å². The van der Waals surface area contributed by atoms with Crippen molar-refractivity contribution in [1.82, 2.24) is 4.72 Å². The molecule has 124 valence electrons. The van der Waals surface area contributed by atoms with E-state index in [4.69, 9.17) is 5.14 Å². The molecule has 0 heterocycles. The number of hydrogen-bond acceptors (Lipinski definition) is 6. The predicted octanol–water partition coefficient (Wildman–Crippen LogP) is -0.0444. The van der Waals surface area contributed by atoms with Gasteiger partial charge in [-0.05, 0) is 37.1 Å². The molecule has 8 nitrogen and oxygen atoms in total. The van der Waals surface area contributed by atoms with Crippen LogP contribution in [0.3, 0.4) is 0 Å². The van der Waals surface area contributed by atoms with Crippen LogP contribution < -0.4 is 9.86 Å². The van der Waals surface area contributed by atoms with E-state index in [0.29, 0.717) is 12.8 Å². The molecule has 1 aromatic rings. The van der Waals surface area contributed by atoms with Gasteiger partial charge < -0.3 is 4.74 Å². The van der Waals surface area contributed by atoms with Crippen LogP contribution in [-0.2, 0) is 29.6 Å². The summed E-state index contributed by atoms with van der Waals surface area (Å²) < 4.78 is 52.9. The molecular formula is C12H18N2O6S2. The quantitative estimate of drug-likeness (QED) is 0.499. The smallest absolute Gasteiger partial charge is 0.305 e. The highest BCUT2D eigenvalue weighted by molar-refractivity contribution is 7.89. The highest BCUT2D eigenvalue weighted by Gasteiger charge is 2.15. The zero-order valence-electron chi connectivity index (χ0n) is 12.0. The molecule has 0 radical (unpaired) electrons. The van der Waals surface area contributed by atoms with Gasteiger partial charge in [-0.25, -0.2) is 26.7 Å². The first kappa shape index (κ1) is 18.6. The van der Waals surface area contributed by atoms with E-state index >= 15 is 0 Å². The molecule has 10 heteroatoms. The molecule has 0 bridgehead atoms. The predicted molar refractivity (Wildman–Crippen MR) is 78.9 cm³/mol. The van der Waals surface area contributed by atoms with Crippen molar-refractivity contribution < 1.29 is 26.4 Å². The third-order valence-electron chi connectivity index (χ3n) is 2.79. The summed E-state index contributed by atoms with van der Waals surface area (Å²) in [4.78, 5) is 10.7. The second kappa shape index (κ2) is 7.68. The van der Waals surface area contributed by atoms with E-state index in [2.05, 4.69) is 9.46 Å². The van der Waals surface area contributed by atoms with Crippen LogP contribution in [0.2, 0.25) is 0 Å². The van der Waals surface area contributed by atoms with Gasteiger partial charge in [0.25, 0.3) is 0 Å². The Morgan fingerprint density at radius 2 is 1.64 bits per heavy atom. The molecule has 0 unspecified atom stereocenters. The summed E-state index contributed by atoms with van der Waals surface area (Å²) in [7, 11) is -6.30. The zero-order valence-corrected chi connectivity index (χ0v) is 13.6. The van der Waals surface area contributed by atoms with Crippen molar-refractivity contribution in [2.75, 3.05) is 13.7 Å². The SMILES string of the molecule is COC(=O)CCCCNS(=O)(=O)c1ccc(S(N)(=O)=O)cc1. The number of esters is 1. The third-order valence-corrected chi connectivity index (χ3v) is 5.20. The molecule has 0 amide bonds. The van der Waals surface area contributed by atoms with Gasteiger partial charge >= 0.3 is 5.97 Å². The highest BCUT2D eigenvalue weighted by atomic mass is 32.2. The maximum Gasteiger partial charge on any atom is 0.305 e. The van der Waals surface area contributed by atoms with Gasteiger partial charge in [-0.1, -0.05) is 0 Å². The molecule has 0 aliphatic rings. The number of unbranched alkanes of at least 4 members (excludes halogenated alkanes) is 1. The second-order valence-corrected chi connectivity index (χ2v) is 7.78. The summed E-state index contributed by atoms with van der Waals surface area (Å²) in [6.07, 6.45) is 1.20. The lowest BCUT2D eigenvalue weighted by molar-refractivity contribution is -0.140. The molecule has 0 fully saturated rings. The summed E-state index contributed by atoms with van der Waals surface area (Å²) in [5, 5.41) is 4.93.